The number of fused-ring (bicyclic) bond motifs is 1. The van der Waals surface area contributed by atoms with Gasteiger partial charge in [0.1, 0.15) is 0 Å². The van der Waals surface area contributed by atoms with Crippen LogP contribution >= 0.6 is 11.6 Å². The second-order valence-corrected chi connectivity index (χ2v) is 8.00. The highest BCUT2D eigenvalue weighted by atomic mass is 35.5. The maximum Gasteiger partial charge on any atom is 0.241 e. The Bertz CT molecular complexity index is 866. The monoisotopic (exact) mass is 416 g/mol. The van der Waals surface area contributed by atoms with E-state index in [0.717, 1.165) is 17.9 Å². The molecule has 154 valence electrons. The Morgan fingerprint density at radius 1 is 1.10 bits per heavy atom. The first-order valence-electron chi connectivity index (χ1n) is 9.83. The number of anilines is 1. The number of carbonyl (C=O) groups is 1. The van der Waals surface area contributed by atoms with Gasteiger partial charge in [-0.05, 0) is 49.6 Å². The molecule has 0 bridgehead atoms. The number of rotatable bonds is 6. The largest absolute Gasteiger partial charge is 0.454 e. The highest BCUT2D eigenvalue weighted by Gasteiger charge is 2.35. The van der Waals surface area contributed by atoms with Crippen LogP contribution in [-0.4, -0.2) is 38.5 Å². The number of benzene rings is 2. The zero-order chi connectivity index (χ0) is 20.3. The van der Waals surface area contributed by atoms with Gasteiger partial charge in [0, 0.05) is 41.9 Å². The lowest BCUT2D eigenvalue weighted by atomic mass is 9.74. The van der Waals surface area contributed by atoms with Crippen molar-refractivity contribution in [2.45, 2.75) is 31.2 Å². The lowest BCUT2D eigenvalue weighted by molar-refractivity contribution is -0.117. The van der Waals surface area contributed by atoms with E-state index in [4.69, 9.17) is 25.8 Å². The quantitative estimate of drug-likeness (QED) is 0.750. The van der Waals surface area contributed by atoms with Crippen molar-refractivity contribution in [3.05, 3.63) is 53.1 Å². The molecule has 2 heterocycles. The summed E-state index contributed by atoms with van der Waals surface area (Å²) >= 11 is 6.07. The van der Waals surface area contributed by atoms with E-state index in [0.29, 0.717) is 36.9 Å². The van der Waals surface area contributed by atoms with Gasteiger partial charge in [0.15, 0.2) is 11.5 Å². The minimum absolute atomic E-state index is 0.0733. The number of halogens is 1. The average Bonchev–Trinajstić information content (AvgIpc) is 3.21. The van der Waals surface area contributed by atoms with Crippen LogP contribution < -0.4 is 20.1 Å². The Morgan fingerprint density at radius 2 is 1.83 bits per heavy atom. The number of nitrogens with one attached hydrogen (secondary N) is 2. The SMILES string of the molecule is CC(NCC1(c2ccc(Cl)cc2)CCOCC1)C(=O)Nc1ccc2c(c1)OCO2. The Balaban J connectivity index is 1.40. The molecule has 1 amide bonds. The molecule has 0 saturated carbocycles. The standard InChI is InChI=1S/C22H25ClN2O4/c1-15(21(26)25-18-6-7-19-20(12-18)29-14-28-19)24-13-22(8-10-27-11-9-22)16-2-4-17(23)5-3-16/h2-7,12,15,24H,8-11,13-14H2,1H3,(H,25,26). The number of amides is 1. The third kappa shape index (κ3) is 4.50. The fourth-order valence-corrected chi connectivity index (χ4v) is 3.93. The van der Waals surface area contributed by atoms with E-state index in [1.165, 1.54) is 5.56 Å². The molecule has 2 aliphatic heterocycles. The Labute approximate surface area is 175 Å². The molecular formula is C22H25ClN2O4. The molecule has 1 atom stereocenters. The summed E-state index contributed by atoms with van der Waals surface area (Å²) in [5.41, 5.74) is 1.84. The molecule has 4 rings (SSSR count). The number of carbonyl (C=O) groups excluding carboxylic acids is 1. The van der Waals surface area contributed by atoms with Crippen LogP contribution in [-0.2, 0) is 14.9 Å². The molecule has 2 aromatic rings. The average molecular weight is 417 g/mol. The van der Waals surface area contributed by atoms with Crippen molar-refractivity contribution in [3.63, 3.8) is 0 Å². The molecule has 0 aliphatic carbocycles. The third-order valence-electron chi connectivity index (χ3n) is 5.69. The van der Waals surface area contributed by atoms with E-state index in [9.17, 15) is 4.79 Å². The predicted molar refractivity (Wildman–Crippen MR) is 112 cm³/mol. The highest BCUT2D eigenvalue weighted by Crippen LogP contribution is 2.36. The zero-order valence-electron chi connectivity index (χ0n) is 16.4. The van der Waals surface area contributed by atoms with Gasteiger partial charge in [-0.1, -0.05) is 23.7 Å². The van der Waals surface area contributed by atoms with Crippen LogP contribution in [0.25, 0.3) is 0 Å². The number of hydrogen-bond donors (Lipinski definition) is 2. The lowest BCUT2D eigenvalue weighted by Crippen LogP contribution is -2.48. The van der Waals surface area contributed by atoms with E-state index < -0.39 is 0 Å². The minimum atomic E-state index is -0.354. The first kappa shape index (κ1) is 20.0. The lowest BCUT2D eigenvalue weighted by Gasteiger charge is -2.38. The van der Waals surface area contributed by atoms with Gasteiger partial charge in [-0.15, -0.1) is 0 Å². The highest BCUT2D eigenvalue weighted by molar-refractivity contribution is 6.30. The van der Waals surface area contributed by atoms with Crippen LogP contribution in [0.1, 0.15) is 25.3 Å². The van der Waals surface area contributed by atoms with Gasteiger partial charge in [-0.3, -0.25) is 4.79 Å². The van der Waals surface area contributed by atoms with E-state index in [-0.39, 0.29) is 24.2 Å². The molecule has 0 radical (unpaired) electrons. The van der Waals surface area contributed by atoms with Gasteiger partial charge in [-0.25, -0.2) is 0 Å². The van der Waals surface area contributed by atoms with Crippen LogP contribution in [0, 0.1) is 0 Å². The molecule has 7 heteroatoms. The molecule has 1 saturated heterocycles. The molecule has 2 N–H and O–H groups in total. The molecule has 2 aromatic carbocycles. The van der Waals surface area contributed by atoms with E-state index in [2.05, 4.69) is 22.8 Å². The van der Waals surface area contributed by atoms with Crippen molar-refractivity contribution >= 4 is 23.2 Å². The van der Waals surface area contributed by atoms with Crippen molar-refractivity contribution in [1.29, 1.82) is 0 Å². The molecule has 1 unspecified atom stereocenters. The molecule has 2 aliphatic rings. The number of ether oxygens (including phenoxy) is 3. The summed E-state index contributed by atoms with van der Waals surface area (Å²) in [5, 5.41) is 7.08. The van der Waals surface area contributed by atoms with E-state index in [1.54, 1.807) is 12.1 Å². The second kappa shape index (κ2) is 8.61. The number of hydrogen-bond acceptors (Lipinski definition) is 5. The molecule has 1 fully saturated rings. The van der Waals surface area contributed by atoms with Gasteiger partial charge in [0.2, 0.25) is 12.7 Å². The van der Waals surface area contributed by atoms with Crippen molar-refractivity contribution in [3.8, 4) is 11.5 Å². The third-order valence-corrected chi connectivity index (χ3v) is 5.94. The smallest absolute Gasteiger partial charge is 0.241 e. The van der Waals surface area contributed by atoms with Crippen LogP contribution in [0.3, 0.4) is 0 Å². The van der Waals surface area contributed by atoms with Crippen LogP contribution in [0.15, 0.2) is 42.5 Å². The summed E-state index contributed by atoms with van der Waals surface area (Å²) < 4.78 is 16.3. The summed E-state index contributed by atoms with van der Waals surface area (Å²) in [6.07, 6.45) is 1.80. The maximum absolute atomic E-state index is 12.7. The molecule has 0 spiro atoms. The van der Waals surface area contributed by atoms with Crippen molar-refractivity contribution in [1.82, 2.24) is 5.32 Å². The summed E-state index contributed by atoms with van der Waals surface area (Å²) in [7, 11) is 0. The van der Waals surface area contributed by atoms with Gasteiger partial charge < -0.3 is 24.8 Å². The minimum Gasteiger partial charge on any atom is -0.454 e. The summed E-state index contributed by atoms with van der Waals surface area (Å²) in [6, 6.07) is 13.0. The second-order valence-electron chi connectivity index (χ2n) is 7.56. The van der Waals surface area contributed by atoms with Gasteiger partial charge in [0.25, 0.3) is 0 Å². The summed E-state index contributed by atoms with van der Waals surface area (Å²) in [4.78, 5) is 12.7. The zero-order valence-corrected chi connectivity index (χ0v) is 17.1. The van der Waals surface area contributed by atoms with Crippen molar-refractivity contribution in [2.24, 2.45) is 0 Å². The summed E-state index contributed by atoms with van der Waals surface area (Å²) in [5.74, 6) is 1.24. The van der Waals surface area contributed by atoms with Gasteiger partial charge in [0.05, 0.1) is 6.04 Å². The maximum atomic E-state index is 12.7. The Kier molecular flexibility index (Phi) is 5.94. The van der Waals surface area contributed by atoms with E-state index >= 15 is 0 Å². The molecular weight excluding hydrogens is 392 g/mol. The fraction of sp³-hybridized carbons (Fsp3) is 0.409. The van der Waals surface area contributed by atoms with Crippen LogP contribution in [0.2, 0.25) is 5.02 Å². The van der Waals surface area contributed by atoms with Gasteiger partial charge in [-0.2, -0.15) is 0 Å². The normalized spacial score (nSPS) is 18.3. The van der Waals surface area contributed by atoms with E-state index in [1.807, 2.05) is 25.1 Å². The topological polar surface area (TPSA) is 68.8 Å². The first-order chi connectivity index (χ1) is 14.1. The fourth-order valence-electron chi connectivity index (χ4n) is 3.80. The van der Waals surface area contributed by atoms with Gasteiger partial charge >= 0.3 is 0 Å². The molecule has 29 heavy (non-hydrogen) atoms. The first-order valence-corrected chi connectivity index (χ1v) is 10.2. The van der Waals surface area contributed by atoms with Crippen molar-refractivity contribution < 1.29 is 19.0 Å². The Hall–Kier alpha value is -2.28. The Morgan fingerprint density at radius 3 is 2.59 bits per heavy atom. The van der Waals surface area contributed by atoms with Crippen LogP contribution in [0.4, 0.5) is 5.69 Å². The summed E-state index contributed by atoms with van der Waals surface area (Å²) in [6.45, 7) is 4.19. The predicted octanol–water partition coefficient (Wildman–Crippen LogP) is 3.73. The van der Waals surface area contributed by atoms with Crippen LogP contribution in [0.5, 0.6) is 11.5 Å². The van der Waals surface area contributed by atoms with Crippen molar-refractivity contribution in [2.75, 3.05) is 31.9 Å². The molecule has 0 aromatic heterocycles. The molecule has 6 nitrogen and oxygen atoms in total.